The number of hydrogen-bond donors (Lipinski definition) is 1. The van der Waals surface area contributed by atoms with Crippen molar-refractivity contribution >= 4 is 11.8 Å². The third-order valence-corrected chi connectivity index (χ3v) is 4.98. The van der Waals surface area contributed by atoms with E-state index in [2.05, 4.69) is 42.7 Å². The molecule has 1 N–H and O–H groups in total. The molecule has 1 atom stereocenters. The molecule has 1 aromatic rings. The Labute approximate surface area is 120 Å². The van der Waals surface area contributed by atoms with Crippen molar-refractivity contribution in [3.8, 4) is 5.75 Å². The molecule has 0 aromatic heterocycles. The van der Waals surface area contributed by atoms with Crippen LogP contribution in [-0.2, 0) is 6.54 Å². The minimum Gasteiger partial charge on any atom is -0.489 e. The highest BCUT2D eigenvalue weighted by Crippen LogP contribution is 2.37. The Hall–Kier alpha value is -0.930. The molecule has 1 aliphatic rings. The maximum atomic E-state index is 5.67. The summed E-state index contributed by atoms with van der Waals surface area (Å²) in [5.41, 5.74) is 1.22. The number of ether oxygens (including phenoxy) is 1. The van der Waals surface area contributed by atoms with E-state index in [1.807, 2.05) is 12.1 Å². The highest BCUT2D eigenvalue weighted by molar-refractivity contribution is 8.00. The van der Waals surface area contributed by atoms with Gasteiger partial charge < -0.3 is 10.1 Å². The molecule has 1 aliphatic heterocycles. The predicted molar refractivity (Wildman–Crippen MR) is 83.9 cm³/mol. The summed E-state index contributed by atoms with van der Waals surface area (Å²) in [5, 5.41) is 3.57. The van der Waals surface area contributed by atoms with Crippen molar-refractivity contribution < 1.29 is 4.74 Å². The molecule has 0 spiro atoms. The van der Waals surface area contributed by atoms with Gasteiger partial charge >= 0.3 is 0 Å². The Kier molecular flexibility index (Phi) is 5.34. The van der Waals surface area contributed by atoms with Crippen LogP contribution in [0.25, 0.3) is 0 Å². The van der Waals surface area contributed by atoms with E-state index >= 15 is 0 Å². The topological polar surface area (TPSA) is 21.3 Å². The fourth-order valence-electron chi connectivity index (χ4n) is 2.38. The van der Waals surface area contributed by atoms with E-state index < -0.39 is 0 Å². The van der Waals surface area contributed by atoms with Crippen molar-refractivity contribution in [2.75, 3.05) is 18.9 Å². The molecule has 0 bridgehead atoms. The Morgan fingerprint density at radius 2 is 2.32 bits per heavy atom. The van der Waals surface area contributed by atoms with Gasteiger partial charge in [0.15, 0.2) is 0 Å². The maximum absolute atomic E-state index is 5.67. The molecule has 1 saturated heterocycles. The Balaban J connectivity index is 1.86. The van der Waals surface area contributed by atoms with Gasteiger partial charge in [0.2, 0.25) is 0 Å². The van der Waals surface area contributed by atoms with Gasteiger partial charge in [-0.05, 0) is 31.6 Å². The monoisotopic (exact) mass is 277 g/mol. The van der Waals surface area contributed by atoms with Crippen LogP contribution in [0.2, 0.25) is 0 Å². The number of benzene rings is 1. The fourth-order valence-corrected chi connectivity index (χ4v) is 3.65. The van der Waals surface area contributed by atoms with Gasteiger partial charge in [0.1, 0.15) is 12.4 Å². The van der Waals surface area contributed by atoms with Gasteiger partial charge in [-0.25, -0.2) is 0 Å². The lowest BCUT2D eigenvalue weighted by Crippen LogP contribution is -2.32. The smallest absolute Gasteiger partial charge is 0.124 e. The molecule has 3 heteroatoms. The minimum absolute atomic E-state index is 0.414. The quantitative estimate of drug-likeness (QED) is 0.769. The molecule has 1 fully saturated rings. The zero-order chi connectivity index (χ0) is 13.6. The highest BCUT2D eigenvalue weighted by atomic mass is 32.2. The third-order valence-electron chi connectivity index (χ3n) is 3.44. The van der Waals surface area contributed by atoms with Crippen molar-refractivity contribution in [2.24, 2.45) is 0 Å². The van der Waals surface area contributed by atoms with E-state index in [-0.39, 0.29) is 0 Å². The number of hydrogen-bond acceptors (Lipinski definition) is 3. The summed E-state index contributed by atoms with van der Waals surface area (Å²) < 4.78 is 6.08. The van der Waals surface area contributed by atoms with Crippen LogP contribution in [0, 0.1) is 0 Å². The van der Waals surface area contributed by atoms with E-state index in [4.69, 9.17) is 4.74 Å². The van der Waals surface area contributed by atoms with Crippen LogP contribution >= 0.6 is 11.8 Å². The lowest BCUT2D eigenvalue weighted by molar-refractivity contribution is 0.357. The third kappa shape index (κ3) is 4.29. The highest BCUT2D eigenvalue weighted by Gasteiger charge is 2.28. The van der Waals surface area contributed by atoms with Crippen molar-refractivity contribution in [2.45, 2.75) is 31.1 Å². The lowest BCUT2D eigenvalue weighted by atomic mass is 10.1. The van der Waals surface area contributed by atoms with Crippen LogP contribution in [0.4, 0.5) is 0 Å². The average Bonchev–Trinajstić information content (AvgIpc) is 2.85. The molecule has 1 aromatic carbocycles. The number of thioether (sulfide) groups is 1. The van der Waals surface area contributed by atoms with Crippen molar-refractivity contribution in [1.29, 1.82) is 0 Å². The molecule has 2 nitrogen and oxygen atoms in total. The first-order valence-corrected chi connectivity index (χ1v) is 7.88. The van der Waals surface area contributed by atoms with Gasteiger partial charge in [-0.1, -0.05) is 30.9 Å². The van der Waals surface area contributed by atoms with Crippen LogP contribution in [0.15, 0.2) is 36.9 Å². The first-order valence-electron chi connectivity index (χ1n) is 6.90. The van der Waals surface area contributed by atoms with Crippen LogP contribution in [-0.4, -0.2) is 23.7 Å². The number of para-hydroxylation sites is 1. The molecular weight excluding hydrogens is 254 g/mol. The Bertz CT molecular complexity index is 413. The van der Waals surface area contributed by atoms with Gasteiger partial charge in [-0.2, -0.15) is 11.8 Å². The minimum atomic E-state index is 0.414. The zero-order valence-electron chi connectivity index (χ0n) is 11.7. The van der Waals surface area contributed by atoms with Crippen LogP contribution < -0.4 is 10.1 Å². The SMILES string of the molecule is C=CCOc1ccccc1CNCC1(C)CCCS1. The van der Waals surface area contributed by atoms with E-state index in [1.165, 1.54) is 24.2 Å². The van der Waals surface area contributed by atoms with E-state index in [1.54, 1.807) is 6.08 Å². The Morgan fingerprint density at radius 3 is 3.05 bits per heavy atom. The van der Waals surface area contributed by atoms with Crippen LogP contribution in [0.5, 0.6) is 5.75 Å². The maximum Gasteiger partial charge on any atom is 0.124 e. The molecule has 0 amide bonds. The summed E-state index contributed by atoms with van der Waals surface area (Å²) in [4.78, 5) is 0. The second-order valence-corrected chi connectivity index (χ2v) is 6.90. The molecular formula is C16H23NOS. The summed E-state index contributed by atoms with van der Waals surface area (Å²) in [6.07, 6.45) is 4.45. The second kappa shape index (κ2) is 7.01. The number of rotatable bonds is 7. The normalized spacial score (nSPS) is 22.4. The van der Waals surface area contributed by atoms with Gasteiger partial charge in [-0.15, -0.1) is 0 Å². The second-order valence-electron chi connectivity index (χ2n) is 5.21. The first kappa shape index (κ1) is 14.5. The summed E-state index contributed by atoms with van der Waals surface area (Å²) in [6, 6.07) is 8.21. The van der Waals surface area contributed by atoms with Gasteiger partial charge in [0.25, 0.3) is 0 Å². The fraction of sp³-hybridized carbons (Fsp3) is 0.500. The van der Waals surface area contributed by atoms with Crippen molar-refractivity contribution in [3.05, 3.63) is 42.5 Å². The van der Waals surface area contributed by atoms with E-state index in [9.17, 15) is 0 Å². The molecule has 2 rings (SSSR count). The summed E-state index contributed by atoms with van der Waals surface area (Å²) in [5.74, 6) is 2.26. The molecule has 1 heterocycles. The van der Waals surface area contributed by atoms with Gasteiger partial charge in [0.05, 0.1) is 0 Å². The summed E-state index contributed by atoms with van der Waals surface area (Å²) >= 11 is 2.09. The summed E-state index contributed by atoms with van der Waals surface area (Å²) in [7, 11) is 0. The lowest BCUT2D eigenvalue weighted by Gasteiger charge is -2.23. The zero-order valence-corrected chi connectivity index (χ0v) is 12.5. The molecule has 1 unspecified atom stereocenters. The van der Waals surface area contributed by atoms with Crippen LogP contribution in [0.1, 0.15) is 25.3 Å². The average molecular weight is 277 g/mol. The van der Waals surface area contributed by atoms with Crippen molar-refractivity contribution in [3.63, 3.8) is 0 Å². The molecule has 0 saturated carbocycles. The van der Waals surface area contributed by atoms with E-state index in [0.717, 1.165) is 18.8 Å². The largest absolute Gasteiger partial charge is 0.489 e. The molecule has 19 heavy (non-hydrogen) atoms. The predicted octanol–water partition coefficient (Wildman–Crippen LogP) is 3.63. The van der Waals surface area contributed by atoms with Crippen LogP contribution in [0.3, 0.4) is 0 Å². The van der Waals surface area contributed by atoms with Crippen molar-refractivity contribution in [1.82, 2.24) is 5.32 Å². The van der Waals surface area contributed by atoms with Gasteiger partial charge in [-0.3, -0.25) is 0 Å². The van der Waals surface area contributed by atoms with E-state index in [0.29, 0.717) is 11.4 Å². The summed E-state index contributed by atoms with van der Waals surface area (Å²) in [6.45, 7) is 8.53. The number of nitrogens with one attached hydrogen (secondary N) is 1. The molecule has 0 radical (unpaired) electrons. The molecule has 0 aliphatic carbocycles. The first-order chi connectivity index (χ1) is 9.23. The standard InChI is InChI=1S/C16H23NOS/c1-3-10-18-15-8-5-4-7-14(15)12-17-13-16(2)9-6-11-19-16/h3-5,7-8,17H,1,6,9-13H2,2H3. The Morgan fingerprint density at radius 1 is 1.47 bits per heavy atom. The van der Waals surface area contributed by atoms with Gasteiger partial charge in [0, 0.05) is 23.4 Å². The molecule has 104 valence electrons.